The molecule has 2 aromatic rings. The van der Waals surface area contributed by atoms with Gasteiger partial charge in [-0.1, -0.05) is 30.3 Å². The van der Waals surface area contributed by atoms with Gasteiger partial charge in [0.1, 0.15) is 0 Å². The van der Waals surface area contributed by atoms with Gasteiger partial charge >= 0.3 is 0 Å². The molecule has 1 saturated carbocycles. The molecule has 1 aliphatic heterocycles. The lowest BCUT2D eigenvalue weighted by Crippen LogP contribution is -2.29. The fourth-order valence-corrected chi connectivity index (χ4v) is 4.74. The Morgan fingerprint density at radius 1 is 1.08 bits per heavy atom. The van der Waals surface area contributed by atoms with Gasteiger partial charge in [0, 0.05) is 18.7 Å². The number of hydrogen-bond donors (Lipinski definition) is 1. The summed E-state index contributed by atoms with van der Waals surface area (Å²) in [4.78, 5) is 14.6. The van der Waals surface area contributed by atoms with Crippen molar-refractivity contribution in [1.29, 1.82) is 0 Å². The molecular formula is C22H24FNO2. The highest BCUT2D eigenvalue weighted by molar-refractivity contribution is 5.97. The highest BCUT2D eigenvalue weighted by Crippen LogP contribution is 2.42. The van der Waals surface area contributed by atoms with Crippen molar-refractivity contribution in [3.63, 3.8) is 0 Å². The monoisotopic (exact) mass is 353 g/mol. The Morgan fingerprint density at radius 2 is 1.77 bits per heavy atom. The van der Waals surface area contributed by atoms with E-state index in [0.717, 1.165) is 31.5 Å². The van der Waals surface area contributed by atoms with E-state index in [2.05, 4.69) is 35.2 Å². The van der Waals surface area contributed by atoms with Gasteiger partial charge < -0.3 is 5.11 Å². The number of carbonyl (C=O) groups excluding carboxylic acids is 1. The van der Waals surface area contributed by atoms with E-state index in [9.17, 15) is 14.3 Å². The number of rotatable bonds is 5. The van der Waals surface area contributed by atoms with Gasteiger partial charge in [0.25, 0.3) is 0 Å². The van der Waals surface area contributed by atoms with Crippen molar-refractivity contribution in [3.05, 3.63) is 65.5 Å². The molecule has 2 fully saturated rings. The highest BCUT2D eigenvalue weighted by atomic mass is 19.1. The summed E-state index contributed by atoms with van der Waals surface area (Å²) >= 11 is 0. The van der Waals surface area contributed by atoms with Crippen LogP contribution in [0.3, 0.4) is 0 Å². The van der Waals surface area contributed by atoms with Crippen LogP contribution in [0.4, 0.5) is 4.39 Å². The SMILES string of the molecule is O=C(CN1C[C@H]2CC(Cc3ccccc3)C[C@@H]2C1)c1ccc(O)c(F)c1. The Bertz CT molecular complexity index is 778. The number of ketones is 1. The lowest BCUT2D eigenvalue weighted by atomic mass is 9.96. The second-order valence-corrected chi connectivity index (χ2v) is 7.83. The normalized spacial score (nSPS) is 23.3. The molecule has 1 saturated heterocycles. The molecule has 0 radical (unpaired) electrons. The van der Waals surface area contributed by atoms with E-state index >= 15 is 0 Å². The maximum Gasteiger partial charge on any atom is 0.176 e. The van der Waals surface area contributed by atoms with Gasteiger partial charge in [-0.3, -0.25) is 9.69 Å². The fourth-order valence-electron chi connectivity index (χ4n) is 4.74. The van der Waals surface area contributed by atoms with E-state index in [1.165, 1.54) is 30.5 Å². The molecule has 26 heavy (non-hydrogen) atoms. The van der Waals surface area contributed by atoms with Crippen LogP contribution in [0.5, 0.6) is 5.75 Å². The van der Waals surface area contributed by atoms with Crippen LogP contribution in [0.15, 0.2) is 48.5 Å². The second-order valence-electron chi connectivity index (χ2n) is 7.83. The van der Waals surface area contributed by atoms with Crippen molar-refractivity contribution in [2.45, 2.75) is 19.3 Å². The number of nitrogens with zero attached hydrogens (tertiary/aromatic N) is 1. The lowest BCUT2D eigenvalue weighted by Gasteiger charge is -2.18. The molecule has 2 atom stereocenters. The third kappa shape index (κ3) is 3.65. The van der Waals surface area contributed by atoms with Crippen LogP contribution in [0.1, 0.15) is 28.8 Å². The zero-order valence-electron chi connectivity index (χ0n) is 14.8. The number of carbonyl (C=O) groups is 1. The predicted molar refractivity (Wildman–Crippen MR) is 98.7 cm³/mol. The van der Waals surface area contributed by atoms with Crippen LogP contribution in [-0.4, -0.2) is 35.4 Å². The van der Waals surface area contributed by atoms with Gasteiger partial charge in [0.2, 0.25) is 0 Å². The zero-order chi connectivity index (χ0) is 18.1. The lowest BCUT2D eigenvalue weighted by molar-refractivity contribution is 0.0939. The average molecular weight is 353 g/mol. The summed E-state index contributed by atoms with van der Waals surface area (Å²) in [6.07, 6.45) is 3.62. The maximum absolute atomic E-state index is 13.4. The van der Waals surface area contributed by atoms with Crippen molar-refractivity contribution in [2.24, 2.45) is 17.8 Å². The summed E-state index contributed by atoms with van der Waals surface area (Å²) in [5, 5.41) is 9.25. The van der Waals surface area contributed by atoms with Crippen LogP contribution in [-0.2, 0) is 6.42 Å². The molecule has 4 rings (SSSR count). The second kappa shape index (κ2) is 7.20. The Kier molecular flexibility index (Phi) is 4.77. The Hall–Kier alpha value is -2.20. The first-order chi connectivity index (χ1) is 12.6. The van der Waals surface area contributed by atoms with Crippen LogP contribution in [0, 0.1) is 23.6 Å². The van der Waals surface area contributed by atoms with E-state index in [1.807, 2.05) is 0 Å². The first kappa shape index (κ1) is 17.2. The maximum atomic E-state index is 13.4. The minimum Gasteiger partial charge on any atom is -0.505 e. The minimum absolute atomic E-state index is 0.0790. The molecule has 1 N–H and O–H groups in total. The first-order valence-corrected chi connectivity index (χ1v) is 9.36. The molecule has 2 aliphatic rings. The third-order valence-corrected chi connectivity index (χ3v) is 5.93. The molecule has 4 heteroatoms. The van der Waals surface area contributed by atoms with Crippen LogP contribution in [0.2, 0.25) is 0 Å². The number of Topliss-reactive ketones (excluding diaryl/α,β-unsaturated/α-hetero) is 1. The van der Waals surface area contributed by atoms with E-state index in [-0.39, 0.29) is 5.78 Å². The highest BCUT2D eigenvalue weighted by Gasteiger charge is 2.40. The van der Waals surface area contributed by atoms with Crippen LogP contribution in [0.25, 0.3) is 0 Å². The zero-order valence-corrected chi connectivity index (χ0v) is 14.8. The van der Waals surface area contributed by atoms with Gasteiger partial charge in [0.05, 0.1) is 6.54 Å². The summed E-state index contributed by atoms with van der Waals surface area (Å²) in [6, 6.07) is 14.5. The van der Waals surface area contributed by atoms with Gasteiger partial charge in [-0.05, 0) is 60.8 Å². The van der Waals surface area contributed by atoms with Crippen molar-refractivity contribution in [1.82, 2.24) is 4.90 Å². The third-order valence-electron chi connectivity index (χ3n) is 5.93. The van der Waals surface area contributed by atoms with Gasteiger partial charge in [-0.25, -0.2) is 4.39 Å². The standard InChI is InChI=1S/C22H24FNO2/c23-20-11-17(6-7-21(20)25)22(26)14-24-12-18-9-16(10-19(18)13-24)8-15-4-2-1-3-5-15/h1-7,11,16,18-19,25H,8-10,12-14H2/t18-,19-/m1/s1. The molecule has 136 valence electrons. The van der Waals surface area contributed by atoms with Gasteiger partial charge in [-0.2, -0.15) is 0 Å². The van der Waals surface area contributed by atoms with E-state index in [1.54, 1.807) is 0 Å². The molecule has 1 aliphatic carbocycles. The molecule has 0 aromatic heterocycles. The molecule has 0 amide bonds. The topological polar surface area (TPSA) is 40.5 Å². The van der Waals surface area contributed by atoms with Crippen molar-refractivity contribution < 1.29 is 14.3 Å². The number of halogens is 1. The Balaban J connectivity index is 1.30. The number of benzene rings is 2. The van der Waals surface area contributed by atoms with E-state index < -0.39 is 11.6 Å². The predicted octanol–water partition coefficient (Wildman–Crippen LogP) is 3.91. The minimum atomic E-state index is -0.738. The number of hydrogen-bond acceptors (Lipinski definition) is 3. The number of aromatic hydroxyl groups is 1. The summed E-state index contributed by atoms with van der Waals surface area (Å²) in [5.74, 6) is 0.863. The van der Waals surface area contributed by atoms with Crippen LogP contribution >= 0.6 is 0 Å². The molecule has 0 unspecified atom stereocenters. The van der Waals surface area contributed by atoms with E-state index in [0.29, 0.717) is 23.9 Å². The quantitative estimate of drug-likeness (QED) is 0.829. The van der Waals surface area contributed by atoms with Gasteiger partial charge in [-0.15, -0.1) is 0 Å². The number of fused-ring (bicyclic) bond motifs is 1. The number of phenols is 1. The number of phenolic OH excluding ortho intramolecular Hbond substituents is 1. The first-order valence-electron chi connectivity index (χ1n) is 9.36. The Morgan fingerprint density at radius 3 is 2.42 bits per heavy atom. The molecule has 0 spiro atoms. The largest absolute Gasteiger partial charge is 0.505 e. The average Bonchev–Trinajstić information content (AvgIpc) is 3.16. The smallest absolute Gasteiger partial charge is 0.176 e. The van der Waals surface area contributed by atoms with Gasteiger partial charge in [0.15, 0.2) is 17.3 Å². The van der Waals surface area contributed by atoms with Crippen LogP contribution < -0.4 is 0 Å². The fraction of sp³-hybridized carbons (Fsp3) is 0.409. The molecule has 3 nitrogen and oxygen atoms in total. The number of likely N-dealkylation sites (tertiary alicyclic amines) is 1. The van der Waals surface area contributed by atoms with E-state index in [4.69, 9.17) is 0 Å². The summed E-state index contributed by atoms with van der Waals surface area (Å²) in [5.41, 5.74) is 1.75. The summed E-state index contributed by atoms with van der Waals surface area (Å²) in [6.45, 7) is 2.26. The Labute approximate surface area is 153 Å². The van der Waals surface area contributed by atoms with Crippen molar-refractivity contribution in [3.8, 4) is 5.75 Å². The molecule has 2 aromatic carbocycles. The van der Waals surface area contributed by atoms with Crippen molar-refractivity contribution >= 4 is 5.78 Å². The molecule has 1 heterocycles. The molecular weight excluding hydrogens is 329 g/mol. The summed E-state index contributed by atoms with van der Waals surface area (Å²) < 4.78 is 13.4. The van der Waals surface area contributed by atoms with Crippen molar-refractivity contribution in [2.75, 3.05) is 19.6 Å². The summed E-state index contributed by atoms with van der Waals surface area (Å²) in [7, 11) is 0. The molecule has 0 bridgehead atoms.